The molecule has 0 radical (unpaired) electrons. The van der Waals surface area contributed by atoms with Crippen molar-refractivity contribution >= 4 is 28.3 Å². The highest BCUT2D eigenvalue weighted by atomic mass is 16.5. The van der Waals surface area contributed by atoms with Crippen LogP contribution in [-0.4, -0.2) is 60.0 Å². The molecule has 1 aromatic heterocycles. The highest BCUT2D eigenvalue weighted by Crippen LogP contribution is 2.54. The van der Waals surface area contributed by atoms with Crippen molar-refractivity contribution in [2.24, 2.45) is 0 Å². The number of methoxy groups -OCH3 is 1. The number of fused-ring (bicyclic) bond motifs is 6. The Morgan fingerprint density at radius 1 is 0.925 bits per heavy atom. The molecule has 0 saturated heterocycles. The third kappa shape index (κ3) is 3.09. The molecule has 12 nitrogen and oxygen atoms in total. The molecule has 1 heterocycles. The maximum Gasteiger partial charge on any atom is 0.325 e. The maximum atomic E-state index is 13.7. The molecule has 0 amide bonds. The summed E-state index contributed by atoms with van der Waals surface area (Å²) in [5.74, 6) is -5.22. The summed E-state index contributed by atoms with van der Waals surface area (Å²) in [7, 11) is 1.27. The summed E-state index contributed by atoms with van der Waals surface area (Å²) in [5.41, 5.74) is -1.45. The fourth-order valence-corrected chi connectivity index (χ4v) is 5.72. The predicted molar refractivity (Wildman–Crippen MR) is 138 cm³/mol. The van der Waals surface area contributed by atoms with E-state index in [-0.39, 0.29) is 62.7 Å². The summed E-state index contributed by atoms with van der Waals surface area (Å²) in [6.07, 6.45) is 1.76. The van der Waals surface area contributed by atoms with Gasteiger partial charge in [-0.05, 0) is 37.5 Å². The van der Waals surface area contributed by atoms with E-state index < -0.39 is 58.2 Å². The Hall–Kier alpha value is -5.39. The number of carbonyl (C=O) groups excluding carboxylic acids is 2. The molecule has 0 atom stereocenters. The molecule has 0 bridgehead atoms. The number of hydrogen-bond acceptors (Lipinski definition) is 10. The van der Waals surface area contributed by atoms with Gasteiger partial charge in [0, 0.05) is 33.2 Å². The number of aromatic nitrogens is 2. The zero-order chi connectivity index (χ0) is 28.8. The van der Waals surface area contributed by atoms with Gasteiger partial charge in [0.15, 0.2) is 5.78 Å². The highest BCUT2D eigenvalue weighted by Gasteiger charge is 2.42. The zero-order valence-electron chi connectivity index (χ0n) is 21.0. The number of nitrogens with zero attached hydrogens (tertiary/aromatic N) is 2. The number of carboxylic acid groups (broad SMARTS) is 1. The Kier molecular flexibility index (Phi) is 5.17. The second kappa shape index (κ2) is 8.30. The highest BCUT2D eigenvalue weighted by molar-refractivity contribution is 6.32. The van der Waals surface area contributed by atoms with Crippen LogP contribution in [0.3, 0.4) is 0 Å². The first-order valence-electron chi connectivity index (χ1n) is 12.0. The second-order valence-corrected chi connectivity index (χ2v) is 9.66. The molecule has 2 aliphatic rings. The fraction of sp³-hybridized carbons (Fsp3) is 0.179. The number of carbonyl (C=O) groups is 3. The van der Waals surface area contributed by atoms with Gasteiger partial charge in [0.1, 0.15) is 35.3 Å². The minimum Gasteiger partial charge on any atom is -0.508 e. The Labute approximate surface area is 223 Å². The van der Waals surface area contributed by atoms with Crippen molar-refractivity contribution in [3.8, 4) is 39.9 Å². The average molecular weight is 544 g/mol. The van der Waals surface area contributed by atoms with Gasteiger partial charge in [0.25, 0.3) is 5.56 Å². The Morgan fingerprint density at radius 3 is 2.33 bits per heavy atom. The number of ketones is 2. The monoisotopic (exact) mass is 544 g/mol. The molecule has 12 heteroatoms. The van der Waals surface area contributed by atoms with Crippen LogP contribution in [0, 0.1) is 6.92 Å². The third-order valence-corrected chi connectivity index (χ3v) is 7.56. The number of carboxylic acids is 1. The number of hydrogen-bond donors (Lipinski definition) is 5. The minimum absolute atomic E-state index is 0.00160. The predicted octanol–water partition coefficient (Wildman–Crippen LogP) is 2.16. The summed E-state index contributed by atoms with van der Waals surface area (Å²) >= 11 is 0. The van der Waals surface area contributed by atoms with Gasteiger partial charge in [-0.1, -0.05) is 0 Å². The van der Waals surface area contributed by atoms with Crippen LogP contribution in [0.5, 0.6) is 28.7 Å². The van der Waals surface area contributed by atoms with E-state index in [1.54, 1.807) is 6.07 Å². The Bertz CT molecular complexity index is 1950. The summed E-state index contributed by atoms with van der Waals surface area (Å²) in [4.78, 5) is 51.7. The topological polar surface area (TPSA) is 196 Å². The van der Waals surface area contributed by atoms with Gasteiger partial charge in [-0.3, -0.25) is 19.2 Å². The first kappa shape index (κ1) is 24.9. The molecular formula is C28H20N2O10. The number of aromatic hydroxyl groups is 4. The Morgan fingerprint density at radius 2 is 1.65 bits per heavy atom. The van der Waals surface area contributed by atoms with Crippen LogP contribution >= 0.6 is 0 Å². The van der Waals surface area contributed by atoms with Crippen molar-refractivity contribution < 1.29 is 44.7 Å². The smallest absolute Gasteiger partial charge is 0.325 e. The largest absolute Gasteiger partial charge is 0.508 e. The summed E-state index contributed by atoms with van der Waals surface area (Å²) < 4.78 is 6.26. The SMILES string of the molecule is COc1c2c(c(O)c3c1C(=O)c1c(cc(O)c(C)c1O)C3=O)-c1c(cc3cnn(CC(=O)O)c(=O)c3c1O)CC2. The second-order valence-electron chi connectivity index (χ2n) is 9.66. The van der Waals surface area contributed by atoms with E-state index in [0.29, 0.717) is 15.8 Å². The third-order valence-electron chi connectivity index (χ3n) is 7.56. The molecule has 0 saturated carbocycles. The van der Waals surface area contributed by atoms with Gasteiger partial charge >= 0.3 is 5.97 Å². The van der Waals surface area contributed by atoms with E-state index in [1.807, 2.05) is 0 Å². The van der Waals surface area contributed by atoms with Crippen LogP contribution in [-0.2, 0) is 24.2 Å². The van der Waals surface area contributed by atoms with Crippen LogP contribution in [0.25, 0.3) is 21.9 Å². The normalized spacial score (nSPS) is 13.4. The number of aryl methyl sites for hydroxylation is 1. The summed E-state index contributed by atoms with van der Waals surface area (Å²) in [6, 6.07) is 2.62. The van der Waals surface area contributed by atoms with Crippen molar-refractivity contribution in [1.82, 2.24) is 9.78 Å². The number of phenols is 4. The van der Waals surface area contributed by atoms with Gasteiger partial charge in [-0.25, -0.2) is 4.68 Å². The van der Waals surface area contributed by atoms with Crippen molar-refractivity contribution in [2.75, 3.05) is 7.11 Å². The van der Waals surface area contributed by atoms with Crippen molar-refractivity contribution in [1.29, 1.82) is 0 Å². The molecule has 202 valence electrons. The van der Waals surface area contributed by atoms with Crippen LogP contribution in [0.15, 0.2) is 23.1 Å². The zero-order valence-corrected chi connectivity index (χ0v) is 21.0. The van der Waals surface area contributed by atoms with Crippen molar-refractivity contribution in [3.63, 3.8) is 0 Å². The van der Waals surface area contributed by atoms with Gasteiger partial charge < -0.3 is 30.3 Å². The van der Waals surface area contributed by atoms with Crippen LogP contribution in [0.2, 0.25) is 0 Å². The van der Waals surface area contributed by atoms with Crippen LogP contribution in [0.4, 0.5) is 0 Å². The molecule has 4 aromatic rings. The van der Waals surface area contributed by atoms with E-state index in [2.05, 4.69) is 5.10 Å². The number of rotatable bonds is 3. The lowest BCUT2D eigenvalue weighted by atomic mass is 9.75. The molecule has 3 aromatic carbocycles. The van der Waals surface area contributed by atoms with E-state index >= 15 is 0 Å². The average Bonchev–Trinajstić information content (AvgIpc) is 2.91. The molecule has 0 fully saturated rings. The maximum absolute atomic E-state index is 13.7. The first-order valence-corrected chi connectivity index (χ1v) is 12.0. The van der Waals surface area contributed by atoms with Gasteiger partial charge in [-0.15, -0.1) is 0 Å². The van der Waals surface area contributed by atoms with Gasteiger partial charge in [-0.2, -0.15) is 5.10 Å². The molecule has 40 heavy (non-hydrogen) atoms. The lowest BCUT2D eigenvalue weighted by Crippen LogP contribution is -2.27. The fourth-order valence-electron chi connectivity index (χ4n) is 5.72. The molecule has 2 aliphatic carbocycles. The lowest BCUT2D eigenvalue weighted by molar-refractivity contribution is -0.138. The van der Waals surface area contributed by atoms with Gasteiger partial charge in [0.2, 0.25) is 5.78 Å². The molecule has 0 aliphatic heterocycles. The molecule has 0 spiro atoms. The lowest BCUT2D eigenvalue weighted by Gasteiger charge is -2.29. The molecule has 0 unspecified atom stereocenters. The first-order chi connectivity index (χ1) is 19.0. The summed E-state index contributed by atoms with van der Waals surface area (Å²) in [5, 5.41) is 56.8. The van der Waals surface area contributed by atoms with E-state index in [0.717, 1.165) is 6.07 Å². The summed E-state index contributed by atoms with van der Waals surface area (Å²) in [6.45, 7) is 0.632. The standard InChI is InChI=1S/C28H20N2O10/c1-9-14(31)6-13-19(22(9)34)26(38)21-20(23(13)35)25(37)18-12(27(21)40-2)4-3-10-5-11-7-29-30(8-15(32)33)28(39)17(11)24(36)16(10)18/h5-7,31,34,36-37H,3-4,8H2,1-2H3,(H,32,33). The number of benzene rings is 3. The minimum atomic E-state index is -1.32. The van der Waals surface area contributed by atoms with Gasteiger partial charge in [0.05, 0.1) is 35.4 Å². The number of phenolic OH excluding ortho intramolecular Hbond substituents is 4. The molecule has 5 N–H and O–H groups in total. The quantitative estimate of drug-likeness (QED) is 0.223. The molecule has 6 rings (SSSR count). The van der Waals surface area contributed by atoms with E-state index in [4.69, 9.17) is 9.84 Å². The van der Waals surface area contributed by atoms with Crippen molar-refractivity contribution in [3.05, 3.63) is 67.6 Å². The van der Waals surface area contributed by atoms with E-state index in [1.165, 1.54) is 20.2 Å². The van der Waals surface area contributed by atoms with E-state index in [9.17, 15) is 39.6 Å². The van der Waals surface area contributed by atoms with Crippen molar-refractivity contribution in [2.45, 2.75) is 26.3 Å². The number of ether oxygens (including phenoxy) is 1. The van der Waals surface area contributed by atoms with Crippen LogP contribution in [0.1, 0.15) is 48.5 Å². The Balaban J connectivity index is 1.70. The molecular weight excluding hydrogens is 524 g/mol. The van der Waals surface area contributed by atoms with Crippen LogP contribution < -0.4 is 10.3 Å². The number of aliphatic carboxylic acids is 1.